The van der Waals surface area contributed by atoms with E-state index in [1.807, 2.05) is 18.2 Å². The fraction of sp³-hybridized carbons (Fsp3) is 0.423. The Morgan fingerprint density at radius 3 is 2.66 bits per heavy atom. The van der Waals surface area contributed by atoms with Crippen LogP contribution in [0.2, 0.25) is 0 Å². The molecule has 1 aliphatic carbocycles. The zero-order chi connectivity index (χ0) is 22.1. The summed E-state index contributed by atoms with van der Waals surface area (Å²) in [6.45, 7) is 7.71. The molecule has 1 saturated heterocycles. The van der Waals surface area contributed by atoms with E-state index in [4.69, 9.17) is 0 Å². The number of fused-ring (bicyclic) bond motifs is 1. The molecule has 3 aromatic rings. The van der Waals surface area contributed by atoms with Crippen LogP contribution >= 0.6 is 0 Å². The number of aromatic amines is 1. The van der Waals surface area contributed by atoms with Crippen LogP contribution in [0.15, 0.2) is 36.9 Å². The highest BCUT2D eigenvalue weighted by molar-refractivity contribution is 5.92. The zero-order valence-corrected chi connectivity index (χ0v) is 18.4. The Morgan fingerprint density at radius 1 is 1.09 bits per heavy atom. The molecule has 32 heavy (non-hydrogen) atoms. The van der Waals surface area contributed by atoms with Crippen LogP contribution in [0.5, 0.6) is 0 Å². The quantitative estimate of drug-likeness (QED) is 0.488. The summed E-state index contributed by atoms with van der Waals surface area (Å²) in [4.78, 5) is 2.31. The highest BCUT2D eigenvalue weighted by Crippen LogP contribution is 2.32. The fourth-order valence-electron chi connectivity index (χ4n) is 4.78. The number of nitrogens with zero attached hydrogens (tertiary/aromatic N) is 2. The largest absolute Gasteiger partial charge is 0.383 e. The molecule has 1 saturated carbocycles. The van der Waals surface area contributed by atoms with Crippen molar-refractivity contribution in [3.63, 3.8) is 0 Å². The van der Waals surface area contributed by atoms with Crippen LogP contribution in [-0.4, -0.2) is 34.7 Å². The molecule has 4 nitrogen and oxygen atoms in total. The van der Waals surface area contributed by atoms with Crippen molar-refractivity contribution >= 4 is 16.6 Å². The van der Waals surface area contributed by atoms with Crippen LogP contribution in [0.25, 0.3) is 27.7 Å². The maximum absolute atomic E-state index is 14.8. The molecule has 0 unspecified atom stereocenters. The monoisotopic (exact) mass is 436 g/mol. The number of aromatic nitrogens is 2. The smallest absolute Gasteiger partial charge is 0.166 e. The van der Waals surface area contributed by atoms with Crippen molar-refractivity contribution in [2.45, 2.75) is 45.1 Å². The lowest BCUT2D eigenvalue weighted by atomic mass is 9.85. The van der Waals surface area contributed by atoms with E-state index in [2.05, 4.69) is 27.0 Å². The second-order valence-corrected chi connectivity index (χ2v) is 9.26. The minimum Gasteiger partial charge on any atom is -0.383 e. The molecule has 0 spiro atoms. The molecule has 2 heterocycles. The Morgan fingerprint density at radius 2 is 1.91 bits per heavy atom. The minimum atomic E-state index is -0.807. The van der Waals surface area contributed by atoms with Crippen molar-refractivity contribution in [3.8, 4) is 11.1 Å². The van der Waals surface area contributed by atoms with Crippen molar-refractivity contribution < 1.29 is 8.78 Å². The molecule has 168 valence electrons. The van der Waals surface area contributed by atoms with Gasteiger partial charge < -0.3 is 5.32 Å². The first-order valence-electron chi connectivity index (χ1n) is 11.7. The van der Waals surface area contributed by atoms with E-state index in [1.165, 1.54) is 31.7 Å². The average molecular weight is 437 g/mol. The summed E-state index contributed by atoms with van der Waals surface area (Å²) in [5.74, 6) is -0.903. The second kappa shape index (κ2) is 9.02. The molecule has 2 fully saturated rings. The molecule has 0 atom stereocenters. The Hall–Kier alpha value is -2.73. The lowest BCUT2D eigenvalue weighted by Crippen LogP contribution is -2.29. The predicted octanol–water partition coefficient (Wildman–Crippen LogP) is 5.85. The summed E-state index contributed by atoms with van der Waals surface area (Å²) < 4.78 is 29.4. The van der Waals surface area contributed by atoms with Gasteiger partial charge in [0, 0.05) is 24.0 Å². The van der Waals surface area contributed by atoms with Gasteiger partial charge in [-0.1, -0.05) is 25.5 Å². The summed E-state index contributed by atoms with van der Waals surface area (Å²) in [5, 5.41) is 11.7. The van der Waals surface area contributed by atoms with Crippen molar-refractivity contribution in [1.82, 2.24) is 20.4 Å². The maximum atomic E-state index is 14.8. The second-order valence-electron chi connectivity index (χ2n) is 9.26. The summed E-state index contributed by atoms with van der Waals surface area (Å²) in [7, 11) is 0. The molecule has 0 amide bonds. The van der Waals surface area contributed by atoms with E-state index in [9.17, 15) is 8.78 Å². The van der Waals surface area contributed by atoms with Crippen molar-refractivity contribution in [2.24, 2.45) is 5.92 Å². The summed E-state index contributed by atoms with van der Waals surface area (Å²) in [6.07, 6.45) is 7.37. The highest BCUT2D eigenvalue weighted by Gasteiger charge is 2.20. The number of halogens is 2. The molecule has 1 aliphatic heterocycles. The van der Waals surface area contributed by atoms with E-state index in [0.717, 1.165) is 60.3 Å². The Kier molecular flexibility index (Phi) is 5.96. The molecular weight excluding hydrogens is 406 g/mol. The number of benzene rings is 2. The van der Waals surface area contributed by atoms with Crippen LogP contribution in [-0.2, 0) is 6.54 Å². The average Bonchev–Trinajstić information content (AvgIpc) is 3.19. The van der Waals surface area contributed by atoms with E-state index in [0.29, 0.717) is 23.6 Å². The van der Waals surface area contributed by atoms with Crippen LogP contribution < -0.4 is 5.32 Å². The topological polar surface area (TPSA) is 44.0 Å². The summed E-state index contributed by atoms with van der Waals surface area (Å²) in [6, 6.07) is 8.69. The van der Waals surface area contributed by atoms with Gasteiger partial charge in [-0.15, -0.1) is 0 Å². The molecule has 2 N–H and O–H groups in total. The Labute approximate surface area is 187 Å². The summed E-state index contributed by atoms with van der Waals surface area (Å²) >= 11 is 0. The molecule has 5 rings (SSSR count). The third-order valence-electron chi connectivity index (χ3n) is 6.93. The van der Waals surface area contributed by atoms with E-state index >= 15 is 0 Å². The number of nitrogens with one attached hydrogen (secondary N) is 2. The number of hydrogen-bond donors (Lipinski definition) is 2. The van der Waals surface area contributed by atoms with Gasteiger partial charge >= 0.3 is 0 Å². The van der Waals surface area contributed by atoms with Gasteiger partial charge in [0.05, 0.1) is 11.2 Å². The number of likely N-dealkylation sites (tertiary alicyclic amines) is 1. The third-order valence-corrected chi connectivity index (χ3v) is 6.93. The van der Waals surface area contributed by atoms with Gasteiger partial charge in [0.15, 0.2) is 11.6 Å². The van der Waals surface area contributed by atoms with Crippen LogP contribution in [0.1, 0.15) is 49.8 Å². The minimum absolute atomic E-state index is 0.291. The van der Waals surface area contributed by atoms with Gasteiger partial charge in [-0.2, -0.15) is 5.10 Å². The Balaban J connectivity index is 1.43. The normalized spacial score (nSPS) is 17.4. The van der Waals surface area contributed by atoms with Gasteiger partial charge in [-0.05, 0) is 80.1 Å². The predicted molar refractivity (Wildman–Crippen MR) is 125 cm³/mol. The van der Waals surface area contributed by atoms with Crippen molar-refractivity contribution in [2.75, 3.05) is 19.6 Å². The van der Waals surface area contributed by atoms with Crippen LogP contribution in [0.3, 0.4) is 0 Å². The first kappa shape index (κ1) is 21.1. The van der Waals surface area contributed by atoms with Crippen LogP contribution in [0.4, 0.5) is 8.78 Å². The standard InChI is InChI=1S/C26H30F2N4/c1-17(29-15-18-6-5-7-18)26-22-14-20(8-9-24(22)30-31-26)21-12-19(13-23(27)25(21)28)16-32-10-3-2-4-11-32/h8-9,12-14,18,29H,1-7,10-11,15-16H2,(H,30,31). The van der Waals surface area contributed by atoms with Gasteiger partial charge in [0.25, 0.3) is 0 Å². The third kappa shape index (κ3) is 4.29. The molecule has 0 radical (unpaired) electrons. The number of piperidine rings is 1. The van der Waals surface area contributed by atoms with Crippen molar-refractivity contribution in [1.29, 1.82) is 0 Å². The van der Waals surface area contributed by atoms with Gasteiger partial charge in [0.2, 0.25) is 0 Å². The lowest BCUT2D eigenvalue weighted by molar-refractivity contribution is 0.220. The van der Waals surface area contributed by atoms with Gasteiger partial charge in [-0.25, -0.2) is 8.78 Å². The SMILES string of the molecule is C=C(NCC1CCC1)c1n[nH]c2ccc(-c3cc(CN4CCCCC4)cc(F)c3F)cc12. The first-order valence-corrected chi connectivity index (χ1v) is 11.7. The maximum Gasteiger partial charge on any atom is 0.166 e. The molecule has 2 aliphatic rings. The van der Waals surface area contributed by atoms with E-state index in [-0.39, 0.29) is 0 Å². The number of H-pyrrole nitrogens is 1. The Bertz CT molecular complexity index is 1130. The van der Waals surface area contributed by atoms with E-state index in [1.54, 1.807) is 6.07 Å². The fourth-order valence-corrected chi connectivity index (χ4v) is 4.78. The number of hydrogen-bond acceptors (Lipinski definition) is 3. The lowest BCUT2D eigenvalue weighted by Gasteiger charge is -2.26. The molecule has 1 aromatic heterocycles. The molecule has 0 bridgehead atoms. The first-order chi connectivity index (χ1) is 15.6. The molecule has 2 aromatic carbocycles. The zero-order valence-electron chi connectivity index (χ0n) is 18.4. The van der Waals surface area contributed by atoms with Gasteiger partial charge in [0.1, 0.15) is 5.69 Å². The van der Waals surface area contributed by atoms with Crippen molar-refractivity contribution in [3.05, 3.63) is 59.8 Å². The van der Waals surface area contributed by atoms with Gasteiger partial charge in [-0.3, -0.25) is 10.00 Å². The van der Waals surface area contributed by atoms with Crippen LogP contribution in [0, 0.1) is 17.6 Å². The molecular formula is C26H30F2N4. The molecule has 6 heteroatoms. The summed E-state index contributed by atoms with van der Waals surface area (Å²) in [5.41, 5.74) is 4.07. The highest BCUT2D eigenvalue weighted by atomic mass is 19.2. The van der Waals surface area contributed by atoms with E-state index < -0.39 is 11.6 Å². The number of rotatable bonds is 7.